The molecule has 1 aromatic heterocycles. The molecule has 0 spiro atoms. The summed E-state index contributed by atoms with van der Waals surface area (Å²) < 4.78 is 27.2. The molecule has 198 valence electrons. The number of nitrogens with one attached hydrogen (secondary N) is 1. The number of ether oxygens (including phenoxy) is 2. The molecular formula is C31H27ClFN3O3. The highest BCUT2D eigenvalue weighted by Gasteiger charge is 2.28. The Balaban J connectivity index is 1.41. The van der Waals surface area contributed by atoms with E-state index in [-0.39, 0.29) is 25.1 Å². The van der Waals surface area contributed by atoms with Crippen LogP contribution >= 0.6 is 11.6 Å². The maximum absolute atomic E-state index is 14.6. The number of pyridine rings is 1. The third kappa shape index (κ3) is 6.04. The zero-order chi connectivity index (χ0) is 27.2. The van der Waals surface area contributed by atoms with Crippen molar-refractivity contribution in [2.45, 2.75) is 32.1 Å². The molecule has 2 N–H and O–H groups in total. The van der Waals surface area contributed by atoms with Crippen LogP contribution in [-0.4, -0.2) is 23.2 Å². The van der Waals surface area contributed by atoms with E-state index in [2.05, 4.69) is 16.4 Å². The Bertz CT molecular complexity index is 1520. The van der Waals surface area contributed by atoms with Crippen molar-refractivity contribution >= 4 is 11.6 Å². The van der Waals surface area contributed by atoms with Crippen LogP contribution in [0.3, 0.4) is 0 Å². The summed E-state index contributed by atoms with van der Waals surface area (Å²) in [6, 6.07) is 20.1. The van der Waals surface area contributed by atoms with E-state index >= 15 is 0 Å². The maximum atomic E-state index is 14.6. The van der Waals surface area contributed by atoms with Crippen LogP contribution < -0.4 is 14.8 Å². The summed E-state index contributed by atoms with van der Waals surface area (Å²) in [6.45, 7) is 1.07. The van der Waals surface area contributed by atoms with Crippen molar-refractivity contribution in [1.82, 2.24) is 10.3 Å². The van der Waals surface area contributed by atoms with E-state index in [0.717, 1.165) is 40.7 Å². The van der Waals surface area contributed by atoms with E-state index in [9.17, 15) is 9.65 Å². The highest BCUT2D eigenvalue weighted by atomic mass is 35.5. The largest absolute Gasteiger partial charge is 0.488 e. The number of halogens is 2. The van der Waals surface area contributed by atoms with E-state index in [1.54, 1.807) is 36.5 Å². The Morgan fingerprint density at radius 1 is 1.08 bits per heavy atom. The lowest BCUT2D eigenvalue weighted by Gasteiger charge is -2.20. The zero-order valence-corrected chi connectivity index (χ0v) is 21.9. The molecule has 1 aliphatic carbocycles. The molecule has 0 radical (unpaired) electrons. The van der Waals surface area contributed by atoms with E-state index < -0.39 is 0 Å². The van der Waals surface area contributed by atoms with Gasteiger partial charge in [-0.25, -0.2) is 4.39 Å². The molecule has 6 nitrogen and oxygen atoms in total. The van der Waals surface area contributed by atoms with Crippen LogP contribution in [0.15, 0.2) is 73.1 Å². The molecule has 3 aromatic carbocycles. The van der Waals surface area contributed by atoms with Gasteiger partial charge in [-0.1, -0.05) is 48.0 Å². The smallest absolute Gasteiger partial charge is 0.142 e. The van der Waals surface area contributed by atoms with Crippen LogP contribution in [0, 0.1) is 17.1 Å². The molecule has 0 amide bonds. The summed E-state index contributed by atoms with van der Waals surface area (Å²) in [5.41, 5.74) is 5.57. The van der Waals surface area contributed by atoms with Crippen LogP contribution in [0.4, 0.5) is 4.39 Å². The Kier molecular flexibility index (Phi) is 8.38. The van der Waals surface area contributed by atoms with Gasteiger partial charge in [-0.05, 0) is 47.7 Å². The summed E-state index contributed by atoms with van der Waals surface area (Å²) in [4.78, 5) is 4.09. The minimum atomic E-state index is -0.249. The molecule has 0 bridgehead atoms. The number of rotatable bonds is 10. The van der Waals surface area contributed by atoms with Crippen molar-refractivity contribution in [3.63, 3.8) is 0 Å². The Labute approximate surface area is 231 Å². The van der Waals surface area contributed by atoms with Gasteiger partial charge in [0.2, 0.25) is 0 Å². The average molecular weight is 544 g/mol. The predicted octanol–water partition coefficient (Wildman–Crippen LogP) is 6.14. The van der Waals surface area contributed by atoms with E-state index in [1.807, 2.05) is 24.3 Å². The van der Waals surface area contributed by atoms with Gasteiger partial charge in [0.05, 0.1) is 17.2 Å². The lowest BCUT2D eigenvalue weighted by molar-refractivity contribution is 0.206. The molecule has 4 aromatic rings. The summed E-state index contributed by atoms with van der Waals surface area (Å²) in [5, 5.41) is 21.9. The molecule has 0 unspecified atom stereocenters. The highest BCUT2D eigenvalue weighted by molar-refractivity contribution is 6.32. The highest BCUT2D eigenvalue weighted by Crippen LogP contribution is 2.43. The van der Waals surface area contributed by atoms with Gasteiger partial charge in [-0.2, -0.15) is 5.26 Å². The molecule has 0 aliphatic heterocycles. The number of aromatic nitrogens is 1. The van der Waals surface area contributed by atoms with Crippen LogP contribution in [0.25, 0.3) is 11.1 Å². The van der Waals surface area contributed by atoms with Gasteiger partial charge in [0.15, 0.2) is 0 Å². The third-order valence-electron chi connectivity index (χ3n) is 6.69. The number of benzene rings is 3. The molecule has 39 heavy (non-hydrogen) atoms. The monoisotopic (exact) mass is 543 g/mol. The molecular weight excluding hydrogens is 517 g/mol. The van der Waals surface area contributed by atoms with Crippen molar-refractivity contribution in [2.75, 3.05) is 13.2 Å². The second-order valence-corrected chi connectivity index (χ2v) is 9.68. The van der Waals surface area contributed by atoms with Gasteiger partial charge < -0.3 is 19.9 Å². The standard InChI is InChI=1S/C31H27ClFN3O3/c32-27-13-22(18-35-10-11-37)30(38-19-21-12-20(15-34)16-36-17-21)14-31(27)39-29-9-8-24-23(5-3-6-26(24)29)25-4-1-2-7-28(25)33/h1-7,12-14,16-17,29,35,37H,8-11,18-19H2/t29-/m0/s1. The van der Waals surface area contributed by atoms with Crippen LogP contribution in [0.1, 0.15) is 40.3 Å². The first kappa shape index (κ1) is 26.6. The van der Waals surface area contributed by atoms with Crippen LogP contribution in [0.5, 0.6) is 11.5 Å². The summed E-state index contributed by atoms with van der Waals surface area (Å²) in [5.74, 6) is 0.803. The van der Waals surface area contributed by atoms with Gasteiger partial charge in [0.1, 0.15) is 36.1 Å². The number of hydrogen-bond acceptors (Lipinski definition) is 6. The fraction of sp³-hybridized carbons (Fsp3) is 0.226. The number of fused-ring (bicyclic) bond motifs is 1. The summed E-state index contributed by atoms with van der Waals surface area (Å²) in [7, 11) is 0. The SMILES string of the molecule is N#Cc1cncc(COc2cc(O[C@H]3CCc4c(-c5ccccc5F)cccc43)c(Cl)cc2CNCCO)c1. The van der Waals surface area contributed by atoms with Crippen molar-refractivity contribution in [3.05, 3.63) is 112 Å². The van der Waals surface area contributed by atoms with E-state index in [0.29, 0.717) is 40.7 Å². The second-order valence-electron chi connectivity index (χ2n) is 9.27. The molecule has 1 heterocycles. The molecule has 0 fully saturated rings. The van der Waals surface area contributed by atoms with Crippen molar-refractivity contribution in [3.8, 4) is 28.7 Å². The molecule has 0 saturated heterocycles. The first-order valence-electron chi connectivity index (χ1n) is 12.7. The van der Waals surface area contributed by atoms with Gasteiger partial charge in [0.25, 0.3) is 0 Å². The topological polar surface area (TPSA) is 87.4 Å². The number of aliphatic hydroxyl groups is 1. The minimum absolute atomic E-state index is 0.00764. The number of aliphatic hydroxyl groups excluding tert-OH is 1. The lowest BCUT2D eigenvalue weighted by Crippen LogP contribution is -2.18. The Morgan fingerprint density at radius 2 is 1.92 bits per heavy atom. The quantitative estimate of drug-likeness (QED) is 0.234. The Morgan fingerprint density at radius 3 is 2.74 bits per heavy atom. The molecule has 5 rings (SSSR count). The van der Waals surface area contributed by atoms with Gasteiger partial charge in [0, 0.05) is 48.2 Å². The van der Waals surface area contributed by atoms with Crippen LogP contribution in [0.2, 0.25) is 5.02 Å². The third-order valence-corrected chi connectivity index (χ3v) is 6.98. The fourth-order valence-corrected chi connectivity index (χ4v) is 5.08. The molecule has 0 saturated carbocycles. The predicted molar refractivity (Wildman–Crippen MR) is 147 cm³/mol. The number of hydrogen-bond donors (Lipinski definition) is 2. The number of nitrogens with zero attached hydrogens (tertiary/aromatic N) is 2. The van der Waals surface area contributed by atoms with Gasteiger partial charge in [-0.3, -0.25) is 4.98 Å². The zero-order valence-electron chi connectivity index (χ0n) is 21.2. The fourth-order valence-electron chi connectivity index (χ4n) is 4.85. The molecule has 8 heteroatoms. The van der Waals surface area contributed by atoms with Crippen molar-refractivity contribution in [1.29, 1.82) is 5.26 Å². The average Bonchev–Trinajstić information content (AvgIpc) is 3.37. The number of nitriles is 1. The normalized spacial score (nSPS) is 14.1. The van der Waals surface area contributed by atoms with Gasteiger partial charge >= 0.3 is 0 Å². The minimum Gasteiger partial charge on any atom is -0.488 e. The van der Waals surface area contributed by atoms with Crippen molar-refractivity contribution in [2.24, 2.45) is 0 Å². The Hall–Kier alpha value is -3.96. The maximum Gasteiger partial charge on any atom is 0.142 e. The van der Waals surface area contributed by atoms with Gasteiger partial charge in [-0.15, -0.1) is 0 Å². The first-order chi connectivity index (χ1) is 19.1. The molecule has 1 aliphatic rings. The first-order valence-corrected chi connectivity index (χ1v) is 13.1. The second kappa shape index (κ2) is 12.3. The van der Waals surface area contributed by atoms with Crippen molar-refractivity contribution < 1.29 is 19.0 Å². The van der Waals surface area contributed by atoms with E-state index in [1.165, 1.54) is 12.3 Å². The summed E-state index contributed by atoms with van der Waals surface area (Å²) >= 11 is 6.67. The summed E-state index contributed by atoms with van der Waals surface area (Å²) in [6.07, 6.45) is 4.41. The van der Waals surface area contributed by atoms with Crippen LogP contribution in [-0.2, 0) is 19.6 Å². The molecule has 1 atom stereocenters. The lowest BCUT2D eigenvalue weighted by atomic mass is 9.96. The van der Waals surface area contributed by atoms with E-state index in [4.69, 9.17) is 26.2 Å².